The van der Waals surface area contributed by atoms with Crippen molar-refractivity contribution in [3.63, 3.8) is 0 Å². The topological polar surface area (TPSA) is 137 Å². The van der Waals surface area contributed by atoms with Crippen LogP contribution in [0, 0.1) is 12.8 Å². The number of pyridine rings is 1. The summed E-state index contributed by atoms with van der Waals surface area (Å²) in [5.41, 5.74) is 2.53. The first-order valence-electron chi connectivity index (χ1n) is 11.9. The van der Waals surface area contributed by atoms with E-state index >= 15 is 0 Å². The number of aryl methyl sites for hydroxylation is 2. The van der Waals surface area contributed by atoms with Gasteiger partial charge in [-0.05, 0) is 50.8 Å². The van der Waals surface area contributed by atoms with Crippen LogP contribution in [-0.2, 0) is 18.4 Å². The van der Waals surface area contributed by atoms with Gasteiger partial charge in [0.2, 0.25) is 0 Å². The van der Waals surface area contributed by atoms with Crippen LogP contribution in [0.1, 0.15) is 44.0 Å². The van der Waals surface area contributed by atoms with Crippen molar-refractivity contribution in [2.45, 2.75) is 58.1 Å². The Labute approximate surface area is 212 Å². The van der Waals surface area contributed by atoms with Gasteiger partial charge < -0.3 is 19.9 Å². The Morgan fingerprint density at radius 2 is 2.08 bits per heavy atom. The zero-order valence-corrected chi connectivity index (χ0v) is 20.8. The molecule has 1 saturated carbocycles. The van der Waals surface area contributed by atoms with Crippen LogP contribution >= 0.6 is 0 Å². The van der Waals surface area contributed by atoms with Gasteiger partial charge in [-0.2, -0.15) is 4.98 Å². The van der Waals surface area contributed by atoms with Crippen LogP contribution in [0.15, 0.2) is 24.4 Å². The molecule has 1 fully saturated rings. The number of rotatable bonds is 10. The van der Waals surface area contributed by atoms with Gasteiger partial charge >= 0.3 is 12.0 Å². The van der Waals surface area contributed by atoms with Crippen LogP contribution in [0.25, 0.3) is 11.4 Å². The number of hydrogen-bond acceptors (Lipinski definition) is 9. The minimum atomic E-state index is -2.99. The summed E-state index contributed by atoms with van der Waals surface area (Å²) in [6.45, 7) is 2.03. The van der Waals surface area contributed by atoms with Crippen molar-refractivity contribution in [2.24, 2.45) is 13.0 Å². The number of hydrogen-bond donors (Lipinski definition) is 2. The van der Waals surface area contributed by atoms with Gasteiger partial charge in [-0.3, -0.25) is 4.79 Å². The summed E-state index contributed by atoms with van der Waals surface area (Å²) >= 11 is 0. The number of carbonyl (C=O) groups is 1. The molecule has 13 heteroatoms. The molecule has 2 N–H and O–H groups in total. The second kappa shape index (κ2) is 11.0. The van der Waals surface area contributed by atoms with Crippen LogP contribution in [-0.4, -0.2) is 59.7 Å². The van der Waals surface area contributed by atoms with Crippen molar-refractivity contribution in [3.05, 3.63) is 35.8 Å². The normalized spacial score (nSPS) is 17.9. The third-order valence-electron chi connectivity index (χ3n) is 6.02. The SMILES string of the molecule is Cc1nc(-c2nnn(C)c2CNc2ccnc(OCC(C)(F)F)n2)ccc1O[C@H]1CCC[C@H](C(=O)O)C1. The van der Waals surface area contributed by atoms with E-state index in [9.17, 15) is 18.7 Å². The summed E-state index contributed by atoms with van der Waals surface area (Å²) in [6, 6.07) is 5.03. The zero-order valence-electron chi connectivity index (χ0n) is 20.8. The first kappa shape index (κ1) is 26.2. The fourth-order valence-corrected chi connectivity index (χ4v) is 4.11. The fourth-order valence-electron chi connectivity index (χ4n) is 4.11. The van der Waals surface area contributed by atoms with Crippen molar-refractivity contribution in [2.75, 3.05) is 11.9 Å². The minimum absolute atomic E-state index is 0.157. The van der Waals surface area contributed by atoms with Gasteiger partial charge in [-0.25, -0.2) is 23.4 Å². The molecule has 3 heterocycles. The molecule has 37 heavy (non-hydrogen) atoms. The number of aromatic nitrogens is 6. The second-order valence-corrected chi connectivity index (χ2v) is 9.17. The lowest BCUT2D eigenvalue weighted by molar-refractivity contribution is -0.143. The summed E-state index contributed by atoms with van der Waals surface area (Å²) in [5.74, 6) is -3.17. The summed E-state index contributed by atoms with van der Waals surface area (Å²) in [6.07, 6.45) is 4.02. The number of ether oxygens (including phenoxy) is 2. The van der Waals surface area contributed by atoms with E-state index in [0.717, 1.165) is 25.5 Å². The van der Waals surface area contributed by atoms with Gasteiger partial charge in [-0.15, -0.1) is 5.10 Å². The van der Waals surface area contributed by atoms with E-state index in [1.54, 1.807) is 23.9 Å². The summed E-state index contributed by atoms with van der Waals surface area (Å²) in [7, 11) is 1.75. The van der Waals surface area contributed by atoms with Gasteiger partial charge in [0.15, 0.2) is 6.61 Å². The molecule has 0 saturated heterocycles. The Morgan fingerprint density at radius 3 is 2.81 bits per heavy atom. The molecule has 0 spiro atoms. The van der Waals surface area contributed by atoms with Crippen molar-refractivity contribution < 1.29 is 28.2 Å². The lowest BCUT2D eigenvalue weighted by Crippen LogP contribution is -2.29. The number of nitrogens with zero attached hydrogens (tertiary/aromatic N) is 6. The van der Waals surface area contributed by atoms with E-state index in [0.29, 0.717) is 41.5 Å². The lowest BCUT2D eigenvalue weighted by Gasteiger charge is -2.27. The maximum Gasteiger partial charge on any atom is 0.318 e. The molecule has 1 aliphatic carbocycles. The number of anilines is 1. The molecular weight excluding hydrogens is 488 g/mol. The van der Waals surface area contributed by atoms with Gasteiger partial charge in [0, 0.05) is 20.2 Å². The molecule has 0 aliphatic heterocycles. The third-order valence-corrected chi connectivity index (χ3v) is 6.02. The summed E-state index contributed by atoms with van der Waals surface area (Å²) in [5, 5.41) is 20.8. The predicted octanol–water partition coefficient (Wildman–Crippen LogP) is 3.64. The fraction of sp³-hybridized carbons (Fsp3) is 0.500. The molecule has 4 rings (SSSR count). The molecular formula is C24H29F2N7O4. The third kappa shape index (κ3) is 6.86. The molecule has 2 atom stereocenters. The lowest BCUT2D eigenvalue weighted by atomic mass is 9.87. The molecule has 11 nitrogen and oxygen atoms in total. The van der Waals surface area contributed by atoms with Gasteiger partial charge in [0.1, 0.15) is 17.3 Å². The highest BCUT2D eigenvalue weighted by Crippen LogP contribution is 2.30. The summed E-state index contributed by atoms with van der Waals surface area (Å²) in [4.78, 5) is 24.0. The minimum Gasteiger partial charge on any atom is -0.489 e. The molecule has 0 unspecified atom stereocenters. The average molecular weight is 518 g/mol. The Balaban J connectivity index is 1.44. The monoisotopic (exact) mass is 517 g/mol. The molecule has 198 valence electrons. The predicted molar refractivity (Wildman–Crippen MR) is 128 cm³/mol. The number of alkyl halides is 2. The Hall–Kier alpha value is -3.90. The Bertz CT molecular complexity index is 1250. The van der Waals surface area contributed by atoms with E-state index in [1.165, 1.54) is 6.20 Å². The molecule has 0 amide bonds. The van der Waals surface area contributed by atoms with E-state index in [4.69, 9.17) is 9.47 Å². The smallest absolute Gasteiger partial charge is 0.318 e. The van der Waals surface area contributed by atoms with E-state index < -0.39 is 18.5 Å². The molecule has 1 aliphatic rings. The van der Waals surface area contributed by atoms with Crippen LogP contribution in [0.5, 0.6) is 11.8 Å². The molecule has 3 aromatic rings. The van der Waals surface area contributed by atoms with Crippen LogP contribution in [0.2, 0.25) is 0 Å². The van der Waals surface area contributed by atoms with E-state index in [1.807, 2.05) is 13.0 Å². The average Bonchev–Trinajstić information content (AvgIpc) is 3.23. The van der Waals surface area contributed by atoms with Gasteiger partial charge in [0.05, 0.1) is 35.6 Å². The second-order valence-electron chi connectivity index (χ2n) is 9.17. The maximum atomic E-state index is 13.1. The van der Waals surface area contributed by atoms with Gasteiger partial charge in [0.25, 0.3) is 5.92 Å². The number of halogens is 2. The molecule has 0 radical (unpaired) electrons. The van der Waals surface area contributed by atoms with Crippen molar-refractivity contribution in [3.8, 4) is 23.1 Å². The van der Waals surface area contributed by atoms with Crippen molar-refractivity contribution >= 4 is 11.8 Å². The first-order chi connectivity index (χ1) is 17.6. The molecule has 0 bridgehead atoms. The van der Waals surface area contributed by atoms with Crippen molar-refractivity contribution in [1.82, 2.24) is 29.9 Å². The van der Waals surface area contributed by atoms with Crippen LogP contribution < -0.4 is 14.8 Å². The molecule has 0 aromatic carbocycles. The maximum absolute atomic E-state index is 13.1. The highest BCUT2D eigenvalue weighted by Gasteiger charge is 2.28. The summed E-state index contributed by atoms with van der Waals surface area (Å²) < 4.78 is 38.8. The van der Waals surface area contributed by atoms with Crippen LogP contribution in [0.3, 0.4) is 0 Å². The zero-order chi connectivity index (χ0) is 26.6. The number of carboxylic acids is 1. The first-order valence-corrected chi connectivity index (χ1v) is 11.9. The Kier molecular flexibility index (Phi) is 7.79. The van der Waals surface area contributed by atoms with E-state index in [-0.39, 0.29) is 24.6 Å². The van der Waals surface area contributed by atoms with Crippen LogP contribution in [0.4, 0.5) is 14.6 Å². The number of nitrogens with one attached hydrogen (secondary N) is 1. The quantitative estimate of drug-likeness (QED) is 0.410. The van der Waals surface area contributed by atoms with Crippen molar-refractivity contribution in [1.29, 1.82) is 0 Å². The molecule has 3 aromatic heterocycles. The Morgan fingerprint density at radius 1 is 1.27 bits per heavy atom. The highest BCUT2D eigenvalue weighted by molar-refractivity contribution is 5.70. The number of carboxylic acid groups (broad SMARTS) is 1. The standard InChI is InChI=1S/C24H29F2N7O4/c1-14-19(37-16-6-4-5-15(11-16)22(34)35)8-7-17(29-14)21-18(33(3)32-31-21)12-28-20-9-10-27-23(30-20)36-13-24(2,25)26/h7-10,15-16H,4-6,11-13H2,1-3H3,(H,34,35)(H,27,28,30)/t15-,16-/m0/s1. The van der Waals surface area contributed by atoms with E-state index in [2.05, 4.69) is 30.6 Å². The number of aliphatic carboxylic acids is 1. The highest BCUT2D eigenvalue weighted by atomic mass is 19.3. The largest absolute Gasteiger partial charge is 0.489 e. The van der Waals surface area contributed by atoms with Gasteiger partial charge in [-0.1, -0.05) is 5.21 Å².